The fourth-order valence-electron chi connectivity index (χ4n) is 2.29. The summed E-state index contributed by atoms with van der Waals surface area (Å²) in [5, 5.41) is 14.8. The van der Waals surface area contributed by atoms with Crippen molar-refractivity contribution in [3.8, 4) is 10.6 Å². The van der Waals surface area contributed by atoms with Crippen LogP contribution in [0.4, 0.5) is 0 Å². The summed E-state index contributed by atoms with van der Waals surface area (Å²) in [7, 11) is 0. The van der Waals surface area contributed by atoms with Crippen LogP contribution in [0.25, 0.3) is 15.5 Å². The van der Waals surface area contributed by atoms with Gasteiger partial charge in [0.1, 0.15) is 5.01 Å². The highest BCUT2D eigenvalue weighted by molar-refractivity contribution is 9.10. The Morgan fingerprint density at radius 1 is 1.09 bits per heavy atom. The summed E-state index contributed by atoms with van der Waals surface area (Å²) in [4.78, 5) is 0.795. The second-order valence-corrected chi connectivity index (χ2v) is 7.34. The van der Waals surface area contributed by atoms with Crippen molar-refractivity contribution in [3.63, 3.8) is 0 Å². The van der Waals surface area contributed by atoms with E-state index in [1.807, 2.05) is 53.0 Å². The van der Waals surface area contributed by atoms with Crippen molar-refractivity contribution < 1.29 is 0 Å². The van der Waals surface area contributed by atoms with Crippen LogP contribution in [0.15, 0.2) is 53.0 Å². The second kappa shape index (κ2) is 6.03. The molecule has 0 spiro atoms. The van der Waals surface area contributed by atoms with Gasteiger partial charge in [-0.3, -0.25) is 0 Å². The summed E-state index contributed by atoms with van der Waals surface area (Å²) in [6, 6.07) is 15.8. The number of benzene rings is 2. The Morgan fingerprint density at radius 3 is 2.70 bits per heavy atom. The van der Waals surface area contributed by atoms with E-state index in [0.29, 0.717) is 6.42 Å². The van der Waals surface area contributed by atoms with Crippen LogP contribution in [-0.4, -0.2) is 19.8 Å². The lowest BCUT2D eigenvalue weighted by Gasteiger charge is -1.99. The van der Waals surface area contributed by atoms with Crippen LogP contribution < -0.4 is 0 Å². The van der Waals surface area contributed by atoms with Crippen molar-refractivity contribution in [1.29, 1.82) is 0 Å². The first-order valence-electron chi connectivity index (χ1n) is 6.90. The van der Waals surface area contributed by atoms with Gasteiger partial charge >= 0.3 is 0 Å². The Hall–Kier alpha value is -1.76. The average molecular weight is 406 g/mol. The number of fused-ring (bicyclic) bond motifs is 1. The van der Waals surface area contributed by atoms with Crippen LogP contribution in [0.3, 0.4) is 0 Å². The zero-order chi connectivity index (χ0) is 15.8. The lowest BCUT2D eigenvalue weighted by molar-refractivity contribution is 0.854. The molecule has 0 radical (unpaired) electrons. The van der Waals surface area contributed by atoms with E-state index in [4.69, 9.17) is 11.6 Å². The molecule has 0 amide bonds. The van der Waals surface area contributed by atoms with E-state index in [-0.39, 0.29) is 0 Å². The van der Waals surface area contributed by atoms with Gasteiger partial charge in [0.15, 0.2) is 5.82 Å². The summed E-state index contributed by atoms with van der Waals surface area (Å²) >= 11 is 10.9. The SMILES string of the molecule is Clc1ccc(Cc2nnc3sc(-c4cccc(Br)c4)nn23)cc1. The number of nitrogens with zero attached hydrogens (tertiary/aromatic N) is 4. The minimum atomic E-state index is 0.667. The van der Waals surface area contributed by atoms with Gasteiger partial charge in [0.25, 0.3) is 0 Å². The molecule has 0 aliphatic carbocycles. The second-order valence-electron chi connectivity index (χ2n) is 5.03. The topological polar surface area (TPSA) is 43.1 Å². The van der Waals surface area contributed by atoms with E-state index >= 15 is 0 Å². The molecule has 0 atom stereocenters. The fraction of sp³-hybridized carbons (Fsp3) is 0.0625. The molecule has 2 aromatic carbocycles. The zero-order valence-corrected chi connectivity index (χ0v) is 14.9. The molecular weight excluding hydrogens is 396 g/mol. The van der Waals surface area contributed by atoms with Crippen LogP contribution in [0, 0.1) is 0 Å². The summed E-state index contributed by atoms with van der Waals surface area (Å²) in [5.41, 5.74) is 2.19. The summed E-state index contributed by atoms with van der Waals surface area (Å²) in [6.07, 6.45) is 0.667. The highest BCUT2D eigenvalue weighted by Crippen LogP contribution is 2.27. The van der Waals surface area contributed by atoms with Gasteiger partial charge in [-0.1, -0.05) is 63.1 Å². The molecule has 0 N–H and O–H groups in total. The molecule has 0 fully saturated rings. The molecule has 0 aliphatic heterocycles. The van der Waals surface area contributed by atoms with E-state index in [2.05, 4.69) is 31.2 Å². The molecule has 2 aromatic heterocycles. The number of aromatic nitrogens is 4. The Kier molecular flexibility index (Phi) is 3.88. The smallest absolute Gasteiger partial charge is 0.187 e. The van der Waals surface area contributed by atoms with Crippen molar-refractivity contribution in [1.82, 2.24) is 19.8 Å². The van der Waals surface area contributed by atoms with Gasteiger partial charge in [-0.25, -0.2) is 0 Å². The average Bonchev–Trinajstić information content (AvgIpc) is 3.11. The highest BCUT2D eigenvalue weighted by atomic mass is 79.9. The maximum atomic E-state index is 5.92. The molecule has 4 rings (SSSR count). The Bertz CT molecular complexity index is 977. The molecule has 4 aromatic rings. The summed E-state index contributed by atoms with van der Waals surface area (Å²) in [5.74, 6) is 0.819. The van der Waals surface area contributed by atoms with Crippen molar-refractivity contribution >= 4 is 43.8 Å². The van der Waals surface area contributed by atoms with Crippen LogP contribution in [0.5, 0.6) is 0 Å². The first-order chi connectivity index (χ1) is 11.2. The van der Waals surface area contributed by atoms with Crippen LogP contribution >= 0.6 is 38.9 Å². The number of hydrogen-bond acceptors (Lipinski definition) is 4. The van der Waals surface area contributed by atoms with Crippen LogP contribution in [0.1, 0.15) is 11.4 Å². The predicted molar refractivity (Wildman–Crippen MR) is 96.1 cm³/mol. The quantitative estimate of drug-likeness (QED) is 0.489. The molecule has 7 heteroatoms. The minimum absolute atomic E-state index is 0.667. The third-order valence-corrected chi connectivity index (χ3v) is 5.10. The molecule has 23 heavy (non-hydrogen) atoms. The number of halogens is 2. The third kappa shape index (κ3) is 3.02. The monoisotopic (exact) mass is 404 g/mol. The van der Waals surface area contributed by atoms with Gasteiger partial charge in [0.05, 0.1) is 0 Å². The molecule has 4 nitrogen and oxygen atoms in total. The molecule has 2 heterocycles. The van der Waals surface area contributed by atoms with E-state index in [1.54, 1.807) is 0 Å². The highest BCUT2D eigenvalue weighted by Gasteiger charge is 2.13. The first-order valence-corrected chi connectivity index (χ1v) is 8.89. The Balaban J connectivity index is 1.70. The van der Waals surface area contributed by atoms with Crippen LogP contribution in [-0.2, 0) is 6.42 Å². The van der Waals surface area contributed by atoms with Gasteiger partial charge in [-0.05, 0) is 29.8 Å². The van der Waals surface area contributed by atoms with Gasteiger partial charge < -0.3 is 0 Å². The molecule has 0 saturated heterocycles. The lowest BCUT2D eigenvalue weighted by atomic mass is 10.1. The molecular formula is C16H10BrClN4S. The largest absolute Gasteiger partial charge is 0.234 e. The number of rotatable bonds is 3. The van der Waals surface area contributed by atoms with Crippen LogP contribution in [0.2, 0.25) is 5.02 Å². The van der Waals surface area contributed by atoms with Crippen molar-refractivity contribution in [2.45, 2.75) is 6.42 Å². The third-order valence-electron chi connectivity index (χ3n) is 3.40. The molecule has 0 bridgehead atoms. The molecule has 114 valence electrons. The normalized spacial score (nSPS) is 11.2. The van der Waals surface area contributed by atoms with E-state index in [9.17, 15) is 0 Å². The zero-order valence-electron chi connectivity index (χ0n) is 11.8. The van der Waals surface area contributed by atoms with Crippen molar-refractivity contribution in [2.75, 3.05) is 0 Å². The predicted octanol–water partition coefficient (Wildman–Crippen LogP) is 4.86. The maximum absolute atomic E-state index is 5.92. The van der Waals surface area contributed by atoms with Gasteiger partial charge in [0.2, 0.25) is 4.96 Å². The van der Waals surface area contributed by atoms with Crippen molar-refractivity contribution in [2.24, 2.45) is 0 Å². The summed E-state index contributed by atoms with van der Waals surface area (Å²) in [6.45, 7) is 0. The van der Waals surface area contributed by atoms with E-state index < -0.39 is 0 Å². The summed E-state index contributed by atoms with van der Waals surface area (Å²) < 4.78 is 2.84. The Morgan fingerprint density at radius 2 is 1.91 bits per heavy atom. The van der Waals surface area contributed by atoms with Gasteiger partial charge in [0, 0.05) is 21.5 Å². The molecule has 0 unspecified atom stereocenters. The molecule has 0 aliphatic rings. The van der Waals surface area contributed by atoms with Crippen molar-refractivity contribution in [3.05, 3.63) is 69.4 Å². The maximum Gasteiger partial charge on any atom is 0.234 e. The fourth-order valence-corrected chi connectivity index (χ4v) is 3.67. The Labute approximate surface area is 149 Å². The van der Waals surface area contributed by atoms with E-state index in [0.717, 1.165) is 36.4 Å². The van der Waals surface area contributed by atoms with E-state index in [1.165, 1.54) is 11.3 Å². The van der Waals surface area contributed by atoms with Gasteiger partial charge in [-0.15, -0.1) is 10.2 Å². The standard InChI is InChI=1S/C16H10BrClN4S/c17-12-3-1-2-11(9-12)15-21-22-14(19-20-16(22)23-15)8-10-4-6-13(18)7-5-10/h1-7,9H,8H2. The first kappa shape index (κ1) is 14.8. The minimum Gasteiger partial charge on any atom is -0.187 e. The lowest BCUT2D eigenvalue weighted by Crippen LogP contribution is -1.97. The number of hydrogen-bond donors (Lipinski definition) is 0. The van der Waals surface area contributed by atoms with Gasteiger partial charge in [-0.2, -0.15) is 9.61 Å². The molecule has 0 saturated carbocycles.